The molecule has 0 radical (unpaired) electrons. The smallest absolute Gasteiger partial charge is 0.255 e. The maximum atomic E-state index is 12.2. The molecule has 1 aromatic carbocycles. The Balaban J connectivity index is 2.23. The lowest BCUT2D eigenvalue weighted by Crippen LogP contribution is -2.13. The van der Waals surface area contributed by atoms with E-state index in [2.05, 4.69) is 26.2 Å². The Morgan fingerprint density at radius 3 is 2.53 bits per heavy atom. The molecule has 4 heteroatoms. The van der Waals surface area contributed by atoms with Crippen LogP contribution in [0.25, 0.3) is 0 Å². The highest BCUT2D eigenvalue weighted by Gasteiger charge is 2.09. The predicted octanol–water partition coefficient (Wildman–Crippen LogP) is 4.02. The molecule has 1 N–H and O–H groups in total. The third-order valence-corrected chi connectivity index (χ3v) is 3.78. The molecule has 2 aromatic rings. The van der Waals surface area contributed by atoms with Crippen molar-refractivity contribution in [2.24, 2.45) is 0 Å². The molecule has 1 aromatic heterocycles. The lowest BCUT2D eigenvalue weighted by molar-refractivity contribution is 0.102. The van der Waals surface area contributed by atoms with Crippen molar-refractivity contribution < 1.29 is 4.79 Å². The van der Waals surface area contributed by atoms with E-state index in [1.165, 1.54) is 0 Å². The minimum Gasteiger partial charge on any atom is -0.320 e. The fourth-order valence-electron chi connectivity index (χ4n) is 1.80. The number of aromatic nitrogens is 1. The number of carbonyl (C=O) groups excluding carboxylic acids is 1. The normalized spacial score (nSPS) is 10.3. The number of halogens is 1. The molecule has 0 saturated heterocycles. The molecule has 98 valence electrons. The first-order chi connectivity index (χ1) is 8.97. The van der Waals surface area contributed by atoms with Gasteiger partial charge in [0.05, 0.1) is 11.4 Å². The molecule has 0 atom stereocenters. The van der Waals surface area contributed by atoms with Gasteiger partial charge in [-0.15, -0.1) is 0 Å². The molecule has 0 aliphatic heterocycles. The van der Waals surface area contributed by atoms with Crippen molar-refractivity contribution in [2.45, 2.75) is 20.8 Å². The highest BCUT2D eigenvalue weighted by atomic mass is 79.9. The van der Waals surface area contributed by atoms with E-state index in [0.29, 0.717) is 5.56 Å². The van der Waals surface area contributed by atoms with Crippen LogP contribution in [0.1, 0.15) is 27.3 Å². The Labute approximate surface area is 121 Å². The summed E-state index contributed by atoms with van der Waals surface area (Å²) in [5.41, 5.74) is 4.18. The Hall–Kier alpha value is -1.68. The third kappa shape index (κ3) is 3.20. The number of hydrogen-bond acceptors (Lipinski definition) is 2. The number of hydrogen-bond donors (Lipinski definition) is 1. The summed E-state index contributed by atoms with van der Waals surface area (Å²) in [4.78, 5) is 16.5. The van der Waals surface area contributed by atoms with E-state index in [1.54, 1.807) is 6.07 Å². The largest absolute Gasteiger partial charge is 0.320 e. The van der Waals surface area contributed by atoms with Gasteiger partial charge in [0.25, 0.3) is 5.91 Å². The van der Waals surface area contributed by atoms with Crippen LogP contribution in [0.3, 0.4) is 0 Å². The second kappa shape index (κ2) is 5.53. The molecular formula is C15H15BrN2O. The van der Waals surface area contributed by atoms with Gasteiger partial charge in [0, 0.05) is 15.7 Å². The van der Waals surface area contributed by atoms with Gasteiger partial charge in [-0.05, 0) is 56.7 Å². The number of nitrogens with one attached hydrogen (secondary N) is 1. The first-order valence-corrected chi connectivity index (χ1v) is 6.78. The molecule has 1 amide bonds. The molecule has 3 nitrogen and oxygen atoms in total. The third-order valence-electron chi connectivity index (χ3n) is 2.89. The molecular weight excluding hydrogens is 304 g/mol. The number of aryl methyl sites for hydroxylation is 3. The Morgan fingerprint density at radius 1 is 1.16 bits per heavy atom. The fraction of sp³-hybridized carbons (Fsp3) is 0.200. The quantitative estimate of drug-likeness (QED) is 0.908. The van der Waals surface area contributed by atoms with Crippen LogP contribution in [0, 0.1) is 20.8 Å². The summed E-state index contributed by atoms with van der Waals surface area (Å²) in [6.45, 7) is 5.77. The zero-order valence-corrected chi connectivity index (χ0v) is 12.7. The zero-order valence-electron chi connectivity index (χ0n) is 11.1. The SMILES string of the molecule is Cc1ccc(NC(=O)c2ccc(Br)c(C)c2)c(C)n1. The standard InChI is InChI=1S/C15H15BrN2O/c1-9-8-12(5-6-13(9)16)15(19)18-14-7-4-10(2)17-11(14)3/h4-8H,1-3H3,(H,18,19). The molecule has 0 spiro atoms. The number of carbonyl (C=O) groups is 1. The van der Waals surface area contributed by atoms with E-state index in [1.807, 2.05) is 45.0 Å². The van der Waals surface area contributed by atoms with E-state index in [4.69, 9.17) is 0 Å². The highest BCUT2D eigenvalue weighted by Crippen LogP contribution is 2.19. The molecule has 0 fully saturated rings. The van der Waals surface area contributed by atoms with Crippen LogP contribution in [0.4, 0.5) is 5.69 Å². The fourth-order valence-corrected chi connectivity index (χ4v) is 2.05. The Bertz CT molecular complexity index is 638. The number of anilines is 1. The highest BCUT2D eigenvalue weighted by molar-refractivity contribution is 9.10. The minimum atomic E-state index is -0.121. The van der Waals surface area contributed by atoms with E-state index >= 15 is 0 Å². The van der Waals surface area contributed by atoms with Gasteiger partial charge < -0.3 is 5.32 Å². The summed E-state index contributed by atoms with van der Waals surface area (Å²) in [7, 11) is 0. The van der Waals surface area contributed by atoms with Gasteiger partial charge in [-0.1, -0.05) is 15.9 Å². The van der Waals surface area contributed by atoms with Crippen LogP contribution in [-0.4, -0.2) is 10.9 Å². The van der Waals surface area contributed by atoms with Crippen LogP contribution in [0.15, 0.2) is 34.8 Å². The lowest BCUT2D eigenvalue weighted by atomic mass is 10.1. The van der Waals surface area contributed by atoms with Gasteiger partial charge in [0.2, 0.25) is 0 Å². The van der Waals surface area contributed by atoms with Crippen LogP contribution < -0.4 is 5.32 Å². The van der Waals surface area contributed by atoms with Crippen molar-refractivity contribution in [3.05, 3.63) is 57.3 Å². The van der Waals surface area contributed by atoms with Crippen LogP contribution in [0.2, 0.25) is 0 Å². The summed E-state index contributed by atoms with van der Waals surface area (Å²) in [5, 5.41) is 2.88. The van der Waals surface area contributed by atoms with Crippen LogP contribution in [0.5, 0.6) is 0 Å². The average Bonchev–Trinajstić information content (AvgIpc) is 2.36. The first kappa shape index (κ1) is 13.7. The molecule has 0 bridgehead atoms. The second-order valence-corrected chi connectivity index (χ2v) is 5.36. The molecule has 19 heavy (non-hydrogen) atoms. The molecule has 1 heterocycles. The van der Waals surface area contributed by atoms with Gasteiger partial charge in [0.15, 0.2) is 0 Å². The number of benzene rings is 1. The van der Waals surface area contributed by atoms with Gasteiger partial charge in [-0.3, -0.25) is 9.78 Å². The van der Waals surface area contributed by atoms with E-state index in [9.17, 15) is 4.79 Å². The average molecular weight is 319 g/mol. The van der Waals surface area contributed by atoms with Crippen LogP contribution in [-0.2, 0) is 0 Å². The van der Waals surface area contributed by atoms with Crippen molar-refractivity contribution >= 4 is 27.5 Å². The lowest BCUT2D eigenvalue weighted by Gasteiger charge is -2.09. The topological polar surface area (TPSA) is 42.0 Å². The molecule has 0 unspecified atom stereocenters. The van der Waals surface area contributed by atoms with E-state index < -0.39 is 0 Å². The number of rotatable bonds is 2. The predicted molar refractivity (Wildman–Crippen MR) is 80.5 cm³/mol. The van der Waals surface area contributed by atoms with Gasteiger partial charge in [-0.25, -0.2) is 0 Å². The first-order valence-electron chi connectivity index (χ1n) is 5.99. The summed E-state index contributed by atoms with van der Waals surface area (Å²) in [6.07, 6.45) is 0. The number of nitrogens with zero attached hydrogens (tertiary/aromatic N) is 1. The Kier molecular flexibility index (Phi) is 4.00. The Morgan fingerprint density at radius 2 is 1.89 bits per heavy atom. The summed E-state index contributed by atoms with van der Waals surface area (Å²) < 4.78 is 0.997. The summed E-state index contributed by atoms with van der Waals surface area (Å²) in [5.74, 6) is -0.121. The number of pyridine rings is 1. The minimum absolute atomic E-state index is 0.121. The van der Waals surface area contributed by atoms with Crippen LogP contribution >= 0.6 is 15.9 Å². The van der Waals surface area contributed by atoms with Crippen molar-refractivity contribution in [3.8, 4) is 0 Å². The number of amides is 1. The molecule has 0 saturated carbocycles. The van der Waals surface area contributed by atoms with Gasteiger partial charge >= 0.3 is 0 Å². The monoisotopic (exact) mass is 318 g/mol. The zero-order chi connectivity index (χ0) is 14.0. The maximum Gasteiger partial charge on any atom is 0.255 e. The maximum absolute atomic E-state index is 12.2. The molecule has 2 rings (SSSR count). The summed E-state index contributed by atoms with van der Waals surface area (Å²) >= 11 is 3.42. The van der Waals surface area contributed by atoms with Crippen molar-refractivity contribution in [2.75, 3.05) is 5.32 Å². The second-order valence-electron chi connectivity index (χ2n) is 4.50. The van der Waals surface area contributed by atoms with Gasteiger partial charge in [0.1, 0.15) is 0 Å². The summed E-state index contributed by atoms with van der Waals surface area (Å²) in [6, 6.07) is 9.29. The van der Waals surface area contributed by atoms with Gasteiger partial charge in [-0.2, -0.15) is 0 Å². The van der Waals surface area contributed by atoms with E-state index in [-0.39, 0.29) is 5.91 Å². The molecule has 0 aliphatic carbocycles. The van der Waals surface area contributed by atoms with Crippen molar-refractivity contribution in [1.82, 2.24) is 4.98 Å². The van der Waals surface area contributed by atoms with Crippen molar-refractivity contribution in [3.63, 3.8) is 0 Å². The van der Waals surface area contributed by atoms with E-state index in [0.717, 1.165) is 27.1 Å². The van der Waals surface area contributed by atoms with Crippen molar-refractivity contribution in [1.29, 1.82) is 0 Å². The molecule has 0 aliphatic rings.